The third kappa shape index (κ3) is 4.97. The molecular weight excluding hydrogens is 400 g/mol. The van der Waals surface area contributed by atoms with E-state index in [-0.39, 0.29) is 27.4 Å². The van der Waals surface area contributed by atoms with Crippen LogP contribution < -0.4 is 4.72 Å². The zero-order valence-electron chi connectivity index (χ0n) is 17.6. The van der Waals surface area contributed by atoms with E-state index in [4.69, 9.17) is 0 Å². The van der Waals surface area contributed by atoms with E-state index in [0.29, 0.717) is 24.2 Å². The first-order chi connectivity index (χ1) is 14.0. The molecule has 2 aromatic rings. The van der Waals surface area contributed by atoms with Crippen molar-refractivity contribution >= 4 is 33.4 Å². The summed E-state index contributed by atoms with van der Waals surface area (Å²) in [5, 5.41) is 10.2. The number of carbonyl (C=O) groups excluding carboxylic acids is 1. The van der Waals surface area contributed by atoms with E-state index >= 15 is 0 Å². The summed E-state index contributed by atoms with van der Waals surface area (Å²) in [6.07, 6.45) is 2.12. The largest absolute Gasteiger partial charge is 0.511 e. The molecule has 0 saturated heterocycles. The Hall–Kier alpha value is -2.93. The minimum absolute atomic E-state index is 0.0387. The van der Waals surface area contributed by atoms with E-state index in [9.17, 15) is 18.3 Å². The fraction of sp³-hybridized carbons (Fsp3) is 0.304. The number of rotatable bonds is 5. The SMILES string of the molecule is Cc1ccc(NS(=O)(=O)c2ccc(N=CC3=C(O)CC(C)(C)CC3=O)cc2)cc1C. The molecule has 1 aliphatic rings. The zero-order valence-corrected chi connectivity index (χ0v) is 18.4. The lowest BCUT2D eigenvalue weighted by atomic mass is 9.77. The number of hydrogen-bond donors (Lipinski definition) is 2. The van der Waals surface area contributed by atoms with Gasteiger partial charge in [-0.2, -0.15) is 0 Å². The first kappa shape index (κ1) is 21.8. The predicted octanol–water partition coefficient (Wildman–Crippen LogP) is 5.01. The van der Waals surface area contributed by atoms with E-state index in [0.717, 1.165) is 11.1 Å². The summed E-state index contributed by atoms with van der Waals surface area (Å²) in [4.78, 5) is 16.6. The van der Waals surface area contributed by atoms with Gasteiger partial charge in [0.2, 0.25) is 0 Å². The van der Waals surface area contributed by atoms with Crippen molar-refractivity contribution in [2.45, 2.75) is 45.4 Å². The van der Waals surface area contributed by atoms with Gasteiger partial charge in [-0.15, -0.1) is 0 Å². The second-order valence-corrected chi connectivity index (χ2v) is 10.1. The molecule has 2 aromatic carbocycles. The maximum Gasteiger partial charge on any atom is 0.261 e. The molecule has 6 nitrogen and oxygen atoms in total. The number of Topliss-reactive ketones (excluding diaryl/α,β-unsaturated/α-hetero) is 1. The Kier molecular flexibility index (Phi) is 5.85. The normalized spacial score (nSPS) is 16.9. The number of benzene rings is 2. The number of hydrogen-bond acceptors (Lipinski definition) is 5. The molecule has 0 radical (unpaired) electrons. The first-order valence-corrected chi connectivity index (χ1v) is 11.1. The number of aliphatic hydroxyl groups is 1. The Morgan fingerprint density at radius 2 is 1.70 bits per heavy atom. The van der Waals surface area contributed by atoms with Crippen molar-refractivity contribution in [3.63, 3.8) is 0 Å². The predicted molar refractivity (Wildman–Crippen MR) is 119 cm³/mol. The van der Waals surface area contributed by atoms with Crippen molar-refractivity contribution in [3.8, 4) is 0 Å². The van der Waals surface area contributed by atoms with Crippen LogP contribution in [0.2, 0.25) is 0 Å². The maximum atomic E-state index is 12.6. The summed E-state index contributed by atoms with van der Waals surface area (Å²) in [5.74, 6) is -0.110. The number of anilines is 1. The average molecular weight is 427 g/mol. The smallest absolute Gasteiger partial charge is 0.261 e. The Bertz CT molecular complexity index is 1140. The Morgan fingerprint density at radius 3 is 2.30 bits per heavy atom. The fourth-order valence-corrected chi connectivity index (χ4v) is 4.37. The fourth-order valence-electron chi connectivity index (χ4n) is 3.32. The summed E-state index contributed by atoms with van der Waals surface area (Å²) in [7, 11) is -3.73. The molecule has 0 saturated carbocycles. The quantitative estimate of drug-likeness (QED) is 0.657. The average Bonchev–Trinajstić information content (AvgIpc) is 2.63. The van der Waals surface area contributed by atoms with Crippen molar-refractivity contribution in [2.75, 3.05) is 4.72 Å². The van der Waals surface area contributed by atoms with E-state index in [2.05, 4.69) is 9.71 Å². The van der Waals surface area contributed by atoms with Crippen molar-refractivity contribution in [2.24, 2.45) is 10.4 Å². The van der Waals surface area contributed by atoms with Crippen molar-refractivity contribution < 1.29 is 18.3 Å². The summed E-state index contributed by atoms with van der Waals surface area (Å²) >= 11 is 0. The molecule has 3 rings (SSSR count). The molecule has 0 bridgehead atoms. The highest BCUT2D eigenvalue weighted by Crippen LogP contribution is 2.35. The van der Waals surface area contributed by atoms with Gasteiger partial charge in [0.05, 0.1) is 16.2 Å². The highest BCUT2D eigenvalue weighted by atomic mass is 32.2. The van der Waals surface area contributed by atoms with Crippen LogP contribution in [0.25, 0.3) is 0 Å². The van der Waals surface area contributed by atoms with Gasteiger partial charge in [0, 0.05) is 24.7 Å². The minimum atomic E-state index is -3.73. The molecular formula is C23H26N2O4S. The standard InChI is InChI=1S/C23H26N2O4S/c1-15-5-6-18(11-16(15)2)25-30(28,29)19-9-7-17(8-10-19)24-14-20-21(26)12-23(3,4)13-22(20)27/h5-11,14,25-26H,12-13H2,1-4H3. The number of nitrogens with one attached hydrogen (secondary N) is 1. The second-order valence-electron chi connectivity index (χ2n) is 8.46. The van der Waals surface area contributed by atoms with Gasteiger partial charge in [-0.05, 0) is 66.8 Å². The van der Waals surface area contributed by atoms with Gasteiger partial charge in [-0.1, -0.05) is 19.9 Å². The molecule has 0 aliphatic heterocycles. The van der Waals surface area contributed by atoms with Gasteiger partial charge in [-0.25, -0.2) is 8.42 Å². The minimum Gasteiger partial charge on any atom is -0.511 e. The second kappa shape index (κ2) is 8.07. The number of ketones is 1. The molecule has 7 heteroatoms. The lowest BCUT2D eigenvalue weighted by Gasteiger charge is -2.28. The van der Waals surface area contributed by atoms with Gasteiger partial charge >= 0.3 is 0 Å². The topological polar surface area (TPSA) is 95.8 Å². The lowest BCUT2D eigenvalue weighted by molar-refractivity contribution is -0.117. The molecule has 0 aromatic heterocycles. The number of allylic oxidation sites excluding steroid dienone is 2. The molecule has 0 spiro atoms. The molecule has 0 heterocycles. The van der Waals surface area contributed by atoms with Crippen LogP contribution in [-0.4, -0.2) is 25.5 Å². The monoisotopic (exact) mass is 426 g/mol. The lowest BCUT2D eigenvalue weighted by Crippen LogP contribution is -2.26. The van der Waals surface area contributed by atoms with E-state index in [1.165, 1.54) is 18.3 Å². The number of carbonyl (C=O) groups is 1. The molecule has 0 atom stereocenters. The summed E-state index contributed by atoms with van der Waals surface area (Å²) in [5.41, 5.74) is 3.01. The number of nitrogens with zero attached hydrogens (tertiary/aromatic N) is 1. The molecule has 0 amide bonds. The van der Waals surface area contributed by atoms with Crippen LogP contribution in [0.15, 0.2) is 63.7 Å². The van der Waals surface area contributed by atoms with Crippen LogP contribution in [0.4, 0.5) is 11.4 Å². The molecule has 158 valence electrons. The van der Waals surface area contributed by atoms with Gasteiger partial charge < -0.3 is 5.11 Å². The Balaban J connectivity index is 1.76. The molecule has 0 fully saturated rings. The van der Waals surface area contributed by atoms with Crippen molar-refractivity contribution in [1.29, 1.82) is 0 Å². The Labute approximate surface area is 177 Å². The Morgan fingerprint density at radius 1 is 1.03 bits per heavy atom. The van der Waals surface area contributed by atoms with Crippen molar-refractivity contribution in [1.82, 2.24) is 0 Å². The van der Waals surface area contributed by atoms with E-state index in [1.807, 2.05) is 33.8 Å². The third-order valence-electron chi connectivity index (χ3n) is 5.15. The summed E-state index contributed by atoms with van der Waals surface area (Å²) in [6, 6.07) is 11.4. The summed E-state index contributed by atoms with van der Waals surface area (Å²) < 4.78 is 27.8. The molecule has 30 heavy (non-hydrogen) atoms. The van der Waals surface area contributed by atoms with Crippen LogP contribution in [0.5, 0.6) is 0 Å². The van der Waals surface area contributed by atoms with Crippen LogP contribution in [0.1, 0.15) is 37.8 Å². The summed E-state index contributed by atoms with van der Waals surface area (Å²) in [6.45, 7) is 7.75. The highest BCUT2D eigenvalue weighted by molar-refractivity contribution is 7.92. The molecule has 0 unspecified atom stereocenters. The number of aliphatic hydroxyl groups excluding tert-OH is 1. The van der Waals surface area contributed by atoms with Gasteiger partial charge in [0.15, 0.2) is 5.78 Å². The molecule has 2 N–H and O–H groups in total. The first-order valence-electron chi connectivity index (χ1n) is 9.66. The van der Waals surface area contributed by atoms with Crippen molar-refractivity contribution in [3.05, 3.63) is 64.9 Å². The van der Waals surface area contributed by atoms with E-state index in [1.54, 1.807) is 24.3 Å². The number of aliphatic imine (C=N–C) groups is 1. The number of sulfonamides is 1. The van der Waals surface area contributed by atoms with Gasteiger partial charge in [0.1, 0.15) is 5.76 Å². The van der Waals surface area contributed by atoms with Gasteiger partial charge in [0.25, 0.3) is 10.0 Å². The van der Waals surface area contributed by atoms with Crippen LogP contribution >= 0.6 is 0 Å². The van der Waals surface area contributed by atoms with Gasteiger partial charge in [-0.3, -0.25) is 14.5 Å². The maximum absolute atomic E-state index is 12.6. The van der Waals surface area contributed by atoms with Crippen LogP contribution in [0, 0.1) is 19.3 Å². The van der Waals surface area contributed by atoms with E-state index < -0.39 is 10.0 Å². The third-order valence-corrected chi connectivity index (χ3v) is 6.54. The van der Waals surface area contributed by atoms with Crippen LogP contribution in [0.3, 0.4) is 0 Å². The van der Waals surface area contributed by atoms with Crippen LogP contribution in [-0.2, 0) is 14.8 Å². The molecule has 1 aliphatic carbocycles. The highest BCUT2D eigenvalue weighted by Gasteiger charge is 2.32. The zero-order chi connectivity index (χ0) is 22.1. The number of aryl methyl sites for hydroxylation is 2.